The number of fused-ring (bicyclic) bond motifs is 1. The Balaban J connectivity index is 0.000000360. The van der Waals surface area contributed by atoms with Gasteiger partial charge in [-0.05, 0) is 12.0 Å². The largest absolute Gasteiger partial charge is 0.490 e. The lowest BCUT2D eigenvalue weighted by atomic mass is 10.0. The molecule has 2 aliphatic rings. The van der Waals surface area contributed by atoms with Crippen molar-refractivity contribution in [3.63, 3.8) is 0 Å². The molecule has 0 saturated carbocycles. The summed E-state index contributed by atoms with van der Waals surface area (Å²) in [5.41, 5.74) is 4.25. The van der Waals surface area contributed by atoms with E-state index in [0.29, 0.717) is 32.0 Å². The number of halogens is 3. The van der Waals surface area contributed by atoms with Crippen molar-refractivity contribution in [2.45, 2.75) is 25.7 Å². The van der Waals surface area contributed by atoms with Gasteiger partial charge in [0.05, 0.1) is 18.9 Å². The van der Waals surface area contributed by atoms with Gasteiger partial charge in [0.1, 0.15) is 0 Å². The van der Waals surface area contributed by atoms with Gasteiger partial charge in [0.2, 0.25) is 0 Å². The number of benzene rings is 1. The smallest absolute Gasteiger partial charge is 0.475 e. The van der Waals surface area contributed by atoms with Crippen LogP contribution in [0.5, 0.6) is 0 Å². The Labute approximate surface area is 183 Å². The van der Waals surface area contributed by atoms with E-state index in [0.717, 1.165) is 31.6 Å². The van der Waals surface area contributed by atoms with Crippen LogP contribution in [0.4, 0.5) is 13.2 Å². The van der Waals surface area contributed by atoms with Gasteiger partial charge in [0.15, 0.2) is 5.69 Å². The van der Waals surface area contributed by atoms with Gasteiger partial charge < -0.3 is 14.7 Å². The number of ether oxygens (including phenoxy) is 1. The number of carboxylic acid groups (broad SMARTS) is 1. The molecular formula is C21H25F3N4O4. The molecular weight excluding hydrogens is 429 g/mol. The molecule has 1 aromatic carbocycles. The first-order valence-corrected chi connectivity index (χ1v) is 10.1. The quantitative estimate of drug-likeness (QED) is 0.764. The number of carbonyl (C=O) groups is 2. The Kier molecular flexibility index (Phi) is 7.52. The zero-order chi connectivity index (χ0) is 23.3. The number of rotatable bonds is 3. The summed E-state index contributed by atoms with van der Waals surface area (Å²) < 4.78 is 39.0. The molecule has 0 bridgehead atoms. The topological polar surface area (TPSA) is 87.9 Å². The zero-order valence-corrected chi connectivity index (χ0v) is 17.6. The third kappa shape index (κ3) is 5.86. The van der Waals surface area contributed by atoms with Crippen molar-refractivity contribution in [3.05, 3.63) is 52.8 Å². The van der Waals surface area contributed by atoms with Crippen molar-refractivity contribution in [1.29, 1.82) is 0 Å². The van der Waals surface area contributed by atoms with E-state index in [9.17, 15) is 18.0 Å². The van der Waals surface area contributed by atoms with Gasteiger partial charge in [0.25, 0.3) is 5.91 Å². The molecule has 2 aliphatic heterocycles. The third-order valence-electron chi connectivity index (χ3n) is 5.32. The third-order valence-corrected chi connectivity index (χ3v) is 5.32. The molecule has 2 aromatic rings. The predicted octanol–water partition coefficient (Wildman–Crippen LogP) is 2.08. The molecule has 1 aromatic heterocycles. The molecule has 0 aliphatic carbocycles. The van der Waals surface area contributed by atoms with Gasteiger partial charge in [-0.15, -0.1) is 0 Å². The molecule has 0 unspecified atom stereocenters. The normalized spacial score (nSPS) is 16.7. The molecule has 0 atom stereocenters. The molecule has 4 rings (SSSR count). The predicted molar refractivity (Wildman–Crippen MR) is 108 cm³/mol. The highest BCUT2D eigenvalue weighted by atomic mass is 19.4. The second kappa shape index (κ2) is 10.1. The van der Waals surface area contributed by atoms with Crippen LogP contribution in [0.3, 0.4) is 0 Å². The number of hydrogen-bond acceptors (Lipinski definition) is 5. The van der Waals surface area contributed by atoms with Crippen LogP contribution in [-0.2, 0) is 36.1 Å². The lowest BCUT2D eigenvalue weighted by molar-refractivity contribution is -0.192. The molecule has 11 heteroatoms. The van der Waals surface area contributed by atoms with Crippen LogP contribution in [0.25, 0.3) is 0 Å². The summed E-state index contributed by atoms with van der Waals surface area (Å²) >= 11 is 0. The first-order chi connectivity index (χ1) is 15.2. The standard InChI is InChI=1S/C19H24N4O2.C2HF3O2/c1-21-17-14-22(13-15-5-3-2-4-6-15)8-7-16(17)18(20-21)19(24)23-9-11-25-12-10-23;3-2(4,5)1(6)7/h2-6H,7-14H2,1H3;(H,6,7). The highest BCUT2D eigenvalue weighted by Gasteiger charge is 2.38. The average molecular weight is 454 g/mol. The fourth-order valence-electron chi connectivity index (χ4n) is 3.69. The van der Waals surface area contributed by atoms with E-state index in [-0.39, 0.29) is 5.91 Å². The van der Waals surface area contributed by atoms with Crippen LogP contribution in [0.1, 0.15) is 27.3 Å². The number of aryl methyl sites for hydroxylation is 1. The van der Waals surface area contributed by atoms with Crippen molar-refractivity contribution < 1.29 is 32.6 Å². The number of hydrogen-bond donors (Lipinski definition) is 1. The van der Waals surface area contributed by atoms with Crippen LogP contribution in [-0.4, -0.2) is 75.6 Å². The first-order valence-electron chi connectivity index (χ1n) is 10.1. The van der Waals surface area contributed by atoms with E-state index < -0.39 is 12.1 Å². The molecule has 1 amide bonds. The maximum Gasteiger partial charge on any atom is 0.490 e. The number of aromatic nitrogens is 2. The lowest BCUT2D eigenvalue weighted by Gasteiger charge is -2.29. The summed E-state index contributed by atoms with van der Waals surface area (Å²) in [5, 5.41) is 11.7. The molecule has 8 nitrogen and oxygen atoms in total. The van der Waals surface area contributed by atoms with Crippen molar-refractivity contribution in [2.75, 3.05) is 32.8 Å². The Hall–Kier alpha value is -2.92. The van der Waals surface area contributed by atoms with E-state index in [1.807, 2.05) is 22.7 Å². The van der Waals surface area contributed by atoms with Crippen molar-refractivity contribution in [3.8, 4) is 0 Å². The van der Waals surface area contributed by atoms with Gasteiger partial charge in [-0.1, -0.05) is 30.3 Å². The average Bonchev–Trinajstić information content (AvgIpc) is 3.10. The molecule has 0 spiro atoms. The number of nitrogens with zero attached hydrogens (tertiary/aromatic N) is 4. The van der Waals surface area contributed by atoms with Gasteiger partial charge in [-0.3, -0.25) is 14.4 Å². The highest BCUT2D eigenvalue weighted by molar-refractivity contribution is 5.94. The fourth-order valence-corrected chi connectivity index (χ4v) is 3.69. The van der Waals surface area contributed by atoms with Gasteiger partial charge in [-0.2, -0.15) is 18.3 Å². The SMILES string of the molecule is Cn1nc(C(=O)N2CCOCC2)c2c1CN(Cc1ccccc1)CC2.O=C(O)C(F)(F)F. The maximum atomic E-state index is 12.8. The second-order valence-corrected chi connectivity index (χ2v) is 7.55. The molecule has 1 saturated heterocycles. The van der Waals surface area contributed by atoms with E-state index in [1.165, 1.54) is 11.3 Å². The van der Waals surface area contributed by atoms with Gasteiger partial charge in [-0.25, -0.2) is 4.79 Å². The Morgan fingerprint density at radius 1 is 1.12 bits per heavy atom. The Bertz CT molecular complexity index is 941. The summed E-state index contributed by atoms with van der Waals surface area (Å²) in [5.74, 6) is -2.70. The maximum absolute atomic E-state index is 12.8. The number of amides is 1. The number of aliphatic carboxylic acids is 1. The second-order valence-electron chi connectivity index (χ2n) is 7.55. The van der Waals surface area contributed by atoms with E-state index in [1.54, 1.807) is 0 Å². The summed E-state index contributed by atoms with van der Waals surface area (Å²) in [6.07, 6.45) is -4.21. The Morgan fingerprint density at radius 3 is 2.34 bits per heavy atom. The lowest BCUT2D eigenvalue weighted by Crippen LogP contribution is -2.41. The zero-order valence-electron chi connectivity index (χ0n) is 17.6. The summed E-state index contributed by atoms with van der Waals surface area (Å²) in [6, 6.07) is 10.5. The van der Waals surface area contributed by atoms with Gasteiger partial charge in [0, 0.05) is 45.3 Å². The highest BCUT2D eigenvalue weighted by Crippen LogP contribution is 2.24. The van der Waals surface area contributed by atoms with Crippen molar-refractivity contribution >= 4 is 11.9 Å². The summed E-state index contributed by atoms with van der Waals surface area (Å²) in [6.45, 7) is 5.27. The van der Waals surface area contributed by atoms with Crippen LogP contribution in [0.15, 0.2) is 30.3 Å². The van der Waals surface area contributed by atoms with Crippen LogP contribution >= 0.6 is 0 Å². The Morgan fingerprint density at radius 2 is 1.75 bits per heavy atom. The number of carboxylic acids is 1. The molecule has 3 heterocycles. The molecule has 32 heavy (non-hydrogen) atoms. The van der Waals surface area contributed by atoms with Crippen LogP contribution in [0, 0.1) is 0 Å². The first kappa shape index (κ1) is 23.7. The number of alkyl halides is 3. The van der Waals surface area contributed by atoms with Crippen LogP contribution in [0.2, 0.25) is 0 Å². The minimum Gasteiger partial charge on any atom is -0.475 e. The van der Waals surface area contributed by atoms with Crippen LogP contribution < -0.4 is 0 Å². The van der Waals surface area contributed by atoms with E-state index in [4.69, 9.17) is 14.6 Å². The molecule has 0 radical (unpaired) electrons. The minimum absolute atomic E-state index is 0.0525. The summed E-state index contributed by atoms with van der Waals surface area (Å²) in [7, 11) is 1.95. The molecule has 1 fully saturated rings. The summed E-state index contributed by atoms with van der Waals surface area (Å²) in [4.78, 5) is 26.0. The number of carbonyl (C=O) groups excluding carboxylic acids is 1. The molecule has 174 valence electrons. The van der Waals surface area contributed by atoms with E-state index in [2.05, 4.69) is 34.3 Å². The van der Waals surface area contributed by atoms with Gasteiger partial charge >= 0.3 is 12.1 Å². The molecule has 1 N–H and O–H groups in total. The minimum atomic E-state index is -5.08. The van der Waals surface area contributed by atoms with E-state index >= 15 is 0 Å². The van der Waals surface area contributed by atoms with Crippen molar-refractivity contribution in [2.24, 2.45) is 7.05 Å². The fraction of sp³-hybridized carbons (Fsp3) is 0.476. The monoisotopic (exact) mass is 454 g/mol. The number of morpholine rings is 1. The van der Waals surface area contributed by atoms with Crippen molar-refractivity contribution in [1.82, 2.24) is 19.6 Å².